The Morgan fingerprint density at radius 2 is 2.40 bits per heavy atom. The van der Waals surface area contributed by atoms with Gasteiger partial charge in [-0.1, -0.05) is 6.07 Å². The van der Waals surface area contributed by atoms with Crippen molar-refractivity contribution in [1.82, 2.24) is 10.3 Å². The minimum Gasteiger partial charge on any atom is -0.306 e. The zero-order valence-corrected chi connectivity index (χ0v) is 6.93. The van der Waals surface area contributed by atoms with Crippen LogP contribution in [-0.2, 0) is 0 Å². The lowest BCUT2D eigenvalue weighted by Gasteiger charge is -1.94. The summed E-state index contributed by atoms with van der Waals surface area (Å²) >= 11 is 3.32. The molecule has 0 amide bonds. The van der Waals surface area contributed by atoms with Gasteiger partial charge in [0, 0.05) is 6.54 Å². The first-order chi connectivity index (χ1) is 4.86. The fraction of sp³-hybridized carbons (Fsp3) is 0.286. The SMILES string of the molecule is Brc1cccc([C@H]2CN2)n1. The summed E-state index contributed by atoms with van der Waals surface area (Å²) in [5.41, 5.74) is 1.13. The van der Waals surface area contributed by atoms with Crippen LogP contribution in [-0.4, -0.2) is 11.5 Å². The van der Waals surface area contributed by atoms with Gasteiger partial charge in [-0.2, -0.15) is 0 Å². The van der Waals surface area contributed by atoms with Crippen LogP contribution in [0.3, 0.4) is 0 Å². The van der Waals surface area contributed by atoms with E-state index in [-0.39, 0.29) is 0 Å². The first-order valence-corrected chi connectivity index (χ1v) is 4.01. The highest BCUT2D eigenvalue weighted by Gasteiger charge is 2.23. The van der Waals surface area contributed by atoms with Gasteiger partial charge < -0.3 is 5.32 Å². The second kappa shape index (κ2) is 2.32. The van der Waals surface area contributed by atoms with Crippen LogP contribution in [0.15, 0.2) is 22.8 Å². The third kappa shape index (κ3) is 1.20. The summed E-state index contributed by atoms with van der Waals surface area (Å²) in [6.07, 6.45) is 0. The molecule has 10 heavy (non-hydrogen) atoms. The molecular formula is C7H7BrN2. The van der Waals surface area contributed by atoms with Gasteiger partial charge in [-0.3, -0.25) is 0 Å². The van der Waals surface area contributed by atoms with E-state index in [1.54, 1.807) is 0 Å². The van der Waals surface area contributed by atoms with Gasteiger partial charge in [0.05, 0.1) is 11.7 Å². The highest BCUT2D eigenvalue weighted by Crippen LogP contribution is 2.20. The van der Waals surface area contributed by atoms with Crippen molar-refractivity contribution in [2.45, 2.75) is 6.04 Å². The summed E-state index contributed by atoms with van der Waals surface area (Å²) in [6.45, 7) is 1.07. The predicted octanol–water partition coefficient (Wildman–Crippen LogP) is 1.49. The van der Waals surface area contributed by atoms with Gasteiger partial charge in [0.1, 0.15) is 4.60 Å². The van der Waals surface area contributed by atoms with Crippen LogP contribution in [0.5, 0.6) is 0 Å². The molecule has 1 N–H and O–H groups in total. The number of nitrogens with one attached hydrogen (secondary N) is 1. The molecule has 1 saturated heterocycles. The average molecular weight is 199 g/mol. The van der Waals surface area contributed by atoms with E-state index >= 15 is 0 Å². The van der Waals surface area contributed by atoms with E-state index < -0.39 is 0 Å². The van der Waals surface area contributed by atoms with Crippen LogP contribution in [0.25, 0.3) is 0 Å². The maximum atomic E-state index is 4.29. The summed E-state index contributed by atoms with van der Waals surface area (Å²) in [4.78, 5) is 4.29. The normalized spacial score (nSPS) is 22.7. The molecule has 0 aromatic carbocycles. The van der Waals surface area contributed by atoms with Crippen molar-refractivity contribution in [2.24, 2.45) is 0 Å². The average Bonchev–Trinajstić information content (AvgIpc) is 2.68. The fourth-order valence-electron chi connectivity index (χ4n) is 0.886. The van der Waals surface area contributed by atoms with Crippen molar-refractivity contribution < 1.29 is 0 Å². The minimum absolute atomic E-state index is 0.512. The van der Waals surface area contributed by atoms with Crippen molar-refractivity contribution >= 4 is 15.9 Å². The Kier molecular flexibility index (Phi) is 1.47. The molecule has 0 unspecified atom stereocenters. The molecular weight excluding hydrogens is 192 g/mol. The lowest BCUT2D eigenvalue weighted by atomic mass is 10.3. The summed E-state index contributed by atoms with van der Waals surface area (Å²) in [6, 6.07) is 6.49. The maximum absolute atomic E-state index is 4.29. The number of halogens is 1. The minimum atomic E-state index is 0.512. The molecule has 0 bridgehead atoms. The molecule has 0 saturated carbocycles. The number of pyridine rings is 1. The van der Waals surface area contributed by atoms with E-state index in [0.717, 1.165) is 16.8 Å². The van der Waals surface area contributed by atoms with E-state index in [0.29, 0.717) is 6.04 Å². The van der Waals surface area contributed by atoms with Crippen LogP contribution < -0.4 is 5.32 Å². The largest absolute Gasteiger partial charge is 0.306 e. The van der Waals surface area contributed by atoms with Crippen LogP contribution in [0.2, 0.25) is 0 Å². The van der Waals surface area contributed by atoms with Crippen molar-refractivity contribution in [3.05, 3.63) is 28.5 Å². The van der Waals surface area contributed by atoms with E-state index in [9.17, 15) is 0 Å². The first kappa shape index (κ1) is 6.31. The zero-order chi connectivity index (χ0) is 6.97. The number of aromatic nitrogens is 1. The van der Waals surface area contributed by atoms with Crippen LogP contribution >= 0.6 is 15.9 Å². The second-order valence-corrected chi connectivity index (χ2v) is 3.16. The summed E-state index contributed by atoms with van der Waals surface area (Å²) in [5.74, 6) is 0. The van der Waals surface area contributed by atoms with Crippen LogP contribution in [0.1, 0.15) is 11.7 Å². The Hall–Kier alpha value is -0.410. The van der Waals surface area contributed by atoms with Gasteiger partial charge in [0.25, 0.3) is 0 Å². The highest BCUT2D eigenvalue weighted by molar-refractivity contribution is 9.10. The van der Waals surface area contributed by atoms with Crippen molar-refractivity contribution in [2.75, 3.05) is 6.54 Å². The number of hydrogen-bond acceptors (Lipinski definition) is 2. The van der Waals surface area contributed by atoms with E-state index in [1.807, 2.05) is 18.2 Å². The monoisotopic (exact) mass is 198 g/mol. The second-order valence-electron chi connectivity index (χ2n) is 2.35. The quantitative estimate of drug-likeness (QED) is 0.549. The molecule has 1 aromatic heterocycles. The van der Waals surface area contributed by atoms with E-state index in [1.165, 1.54) is 0 Å². The zero-order valence-electron chi connectivity index (χ0n) is 5.34. The standard InChI is InChI=1S/C7H7BrN2/c8-7-3-1-2-5(10-7)6-4-9-6/h1-3,6,9H,4H2/t6-/m1/s1. The van der Waals surface area contributed by atoms with E-state index in [2.05, 4.69) is 26.2 Å². The van der Waals surface area contributed by atoms with Crippen molar-refractivity contribution in [3.8, 4) is 0 Å². The molecule has 3 heteroatoms. The number of rotatable bonds is 1. The Labute approximate surface area is 67.8 Å². The summed E-state index contributed by atoms with van der Waals surface area (Å²) < 4.78 is 0.915. The number of nitrogens with zero attached hydrogens (tertiary/aromatic N) is 1. The molecule has 2 nitrogen and oxygen atoms in total. The van der Waals surface area contributed by atoms with Gasteiger partial charge in [-0.25, -0.2) is 4.98 Å². The van der Waals surface area contributed by atoms with Crippen molar-refractivity contribution in [1.29, 1.82) is 0 Å². The van der Waals surface area contributed by atoms with Crippen LogP contribution in [0.4, 0.5) is 0 Å². The molecule has 1 fully saturated rings. The van der Waals surface area contributed by atoms with Gasteiger partial charge in [0.15, 0.2) is 0 Å². The molecule has 52 valence electrons. The molecule has 2 heterocycles. The molecule has 1 aliphatic heterocycles. The van der Waals surface area contributed by atoms with Gasteiger partial charge in [-0.05, 0) is 28.1 Å². The summed E-state index contributed by atoms with van der Waals surface area (Å²) in [5, 5.41) is 3.19. The topological polar surface area (TPSA) is 34.8 Å². The molecule has 1 aliphatic rings. The van der Waals surface area contributed by atoms with Crippen LogP contribution in [0, 0.1) is 0 Å². The first-order valence-electron chi connectivity index (χ1n) is 3.22. The number of hydrogen-bond donors (Lipinski definition) is 1. The molecule has 1 atom stereocenters. The van der Waals surface area contributed by atoms with Gasteiger partial charge >= 0.3 is 0 Å². The Morgan fingerprint density at radius 1 is 1.60 bits per heavy atom. The lowest BCUT2D eigenvalue weighted by Crippen LogP contribution is -1.88. The molecule has 1 aromatic rings. The van der Waals surface area contributed by atoms with E-state index in [4.69, 9.17) is 0 Å². The van der Waals surface area contributed by atoms with Gasteiger partial charge in [-0.15, -0.1) is 0 Å². The third-order valence-corrected chi connectivity index (χ3v) is 1.94. The molecule has 2 rings (SSSR count). The molecule has 0 aliphatic carbocycles. The fourth-order valence-corrected chi connectivity index (χ4v) is 1.24. The molecule has 0 radical (unpaired) electrons. The van der Waals surface area contributed by atoms with Gasteiger partial charge in [0.2, 0.25) is 0 Å². The Morgan fingerprint density at radius 3 is 3.00 bits per heavy atom. The lowest BCUT2D eigenvalue weighted by molar-refractivity contribution is 0.983. The highest BCUT2D eigenvalue weighted by atomic mass is 79.9. The predicted molar refractivity (Wildman–Crippen MR) is 42.7 cm³/mol. The third-order valence-electron chi connectivity index (χ3n) is 1.50. The molecule has 0 spiro atoms. The summed E-state index contributed by atoms with van der Waals surface area (Å²) in [7, 11) is 0. The maximum Gasteiger partial charge on any atom is 0.106 e. The Balaban J connectivity index is 2.32. The Bertz CT molecular complexity index is 245. The van der Waals surface area contributed by atoms with Crippen molar-refractivity contribution in [3.63, 3.8) is 0 Å². The smallest absolute Gasteiger partial charge is 0.106 e.